The Morgan fingerprint density at radius 1 is 1.39 bits per heavy atom. The predicted octanol–water partition coefficient (Wildman–Crippen LogP) is 1.48. The molecule has 1 fully saturated rings. The number of piperazine rings is 1. The fourth-order valence-corrected chi connectivity index (χ4v) is 2.32. The van der Waals surface area contributed by atoms with E-state index in [9.17, 15) is 13.2 Å². The van der Waals surface area contributed by atoms with E-state index < -0.39 is 17.1 Å². The summed E-state index contributed by atoms with van der Waals surface area (Å²) in [4.78, 5) is 3.46. The second-order valence-electron chi connectivity index (χ2n) is 5.47. The summed E-state index contributed by atoms with van der Waals surface area (Å²) < 4.78 is 38.4. The minimum Gasteiger partial charge on any atom is -0.393 e. The van der Waals surface area contributed by atoms with Gasteiger partial charge in [0.25, 0.3) is 0 Å². The van der Waals surface area contributed by atoms with Gasteiger partial charge in [-0.2, -0.15) is 13.2 Å². The highest BCUT2D eigenvalue weighted by Crippen LogP contribution is 2.29. The van der Waals surface area contributed by atoms with Crippen LogP contribution < -0.4 is 5.73 Å². The molecule has 0 aromatic carbocycles. The Hall–Kier alpha value is -0.400. The molecule has 1 aliphatic rings. The van der Waals surface area contributed by atoms with Crippen molar-refractivity contribution in [2.75, 3.05) is 33.2 Å². The lowest BCUT2D eigenvalue weighted by atomic mass is 9.98. The first-order chi connectivity index (χ1) is 8.04. The Bertz CT molecular complexity index is 317. The summed E-state index contributed by atoms with van der Waals surface area (Å²) in [5, 5.41) is 0. The highest BCUT2D eigenvalue weighted by atomic mass is 32.1. The molecular formula is C11H20F3N3S. The van der Waals surface area contributed by atoms with E-state index in [1.54, 1.807) is 4.90 Å². The smallest absolute Gasteiger partial charge is 0.393 e. The number of likely N-dealkylation sites (N-methyl/N-ethyl adjacent to an activating group) is 1. The van der Waals surface area contributed by atoms with E-state index >= 15 is 0 Å². The van der Waals surface area contributed by atoms with Gasteiger partial charge < -0.3 is 5.73 Å². The van der Waals surface area contributed by atoms with Crippen LogP contribution >= 0.6 is 12.2 Å². The molecule has 18 heavy (non-hydrogen) atoms. The van der Waals surface area contributed by atoms with Crippen molar-refractivity contribution in [1.82, 2.24) is 9.80 Å². The normalized spacial score (nSPS) is 23.9. The van der Waals surface area contributed by atoms with Crippen LogP contribution in [-0.4, -0.2) is 59.7 Å². The molecule has 1 aliphatic heterocycles. The molecule has 1 rings (SSSR count). The van der Waals surface area contributed by atoms with Crippen molar-refractivity contribution in [3.8, 4) is 0 Å². The van der Waals surface area contributed by atoms with E-state index in [-0.39, 0.29) is 12.1 Å². The molecule has 3 nitrogen and oxygen atoms in total. The van der Waals surface area contributed by atoms with E-state index in [2.05, 4.69) is 17.1 Å². The van der Waals surface area contributed by atoms with Crippen LogP contribution in [0.5, 0.6) is 0 Å². The molecule has 0 radical (unpaired) electrons. The van der Waals surface area contributed by atoms with Crippen LogP contribution in [0.15, 0.2) is 0 Å². The van der Waals surface area contributed by atoms with E-state index in [4.69, 9.17) is 5.73 Å². The van der Waals surface area contributed by atoms with Gasteiger partial charge in [0.05, 0.1) is 4.99 Å². The highest BCUT2D eigenvalue weighted by molar-refractivity contribution is 7.80. The zero-order valence-corrected chi connectivity index (χ0v) is 11.7. The molecule has 0 spiro atoms. The molecule has 1 atom stereocenters. The minimum atomic E-state index is -4.36. The molecular weight excluding hydrogens is 263 g/mol. The number of rotatable bonds is 3. The first-order valence-corrected chi connectivity index (χ1v) is 6.24. The van der Waals surface area contributed by atoms with Crippen LogP contribution in [0.3, 0.4) is 0 Å². The van der Waals surface area contributed by atoms with Crippen LogP contribution in [0.25, 0.3) is 0 Å². The Labute approximate surface area is 111 Å². The largest absolute Gasteiger partial charge is 0.399 e. The van der Waals surface area contributed by atoms with E-state index in [1.807, 2.05) is 20.9 Å². The minimum absolute atomic E-state index is 0.134. The Morgan fingerprint density at radius 3 is 2.33 bits per heavy atom. The van der Waals surface area contributed by atoms with Crippen LogP contribution in [0.2, 0.25) is 0 Å². The van der Waals surface area contributed by atoms with Gasteiger partial charge in [-0.25, -0.2) is 0 Å². The van der Waals surface area contributed by atoms with Gasteiger partial charge in [-0.3, -0.25) is 9.80 Å². The van der Waals surface area contributed by atoms with Crippen LogP contribution in [-0.2, 0) is 0 Å². The molecule has 106 valence electrons. The predicted molar refractivity (Wildman–Crippen MR) is 69.5 cm³/mol. The molecule has 1 heterocycles. The standard InChI is InChI=1S/C11H20F3N3S/c1-10(2)7-17(5-4-16(10)3)6-8(9(15)18)11(12,13)14/h8H,4-7H2,1-3H3,(H2,15,18). The summed E-state index contributed by atoms with van der Waals surface area (Å²) in [6.07, 6.45) is -4.36. The Balaban J connectivity index is 2.69. The summed E-state index contributed by atoms with van der Waals surface area (Å²) in [5.41, 5.74) is 5.07. The fourth-order valence-electron chi connectivity index (χ4n) is 2.11. The van der Waals surface area contributed by atoms with Gasteiger partial charge in [-0.15, -0.1) is 0 Å². The summed E-state index contributed by atoms with van der Waals surface area (Å²) in [7, 11) is 1.98. The van der Waals surface area contributed by atoms with Crippen molar-refractivity contribution in [1.29, 1.82) is 0 Å². The Morgan fingerprint density at radius 2 is 1.94 bits per heavy atom. The first kappa shape index (κ1) is 15.7. The second kappa shape index (κ2) is 5.30. The van der Waals surface area contributed by atoms with Gasteiger partial charge in [0.2, 0.25) is 0 Å². The third-order valence-corrected chi connectivity index (χ3v) is 3.86. The number of hydrogen-bond donors (Lipinski definition) is 1. The number of thiocarbonyl (C=S) groups is 1. The SMILES string of the molecule is CN1CCN(CC(C(N)=S)C(F)(F)F)CC1(C)C. The lowest BCUT2D eigenvalue weighted by Gasteiger charge is -2.46. The van der Waals surface area contributed by atoms with E-state index in [0.29, 0.717) is 13.1 Å². The maximum Gasteiger partial charge on any atom is 0.399 e. The third kappa shape index (κ3) is 3.80. The number of alkyl halides is 3. The molecule has 2 N–H and O–H groups in total. The molecule has 0 aromatic heterocycles. The van der Waals surface area contributed by atoms with Crippen molar-refractivity contribution in [3.05, 3.63) is 0 Å². The van der Waals surface area contributed by atoms with Crippen molar-refractivity contribution in [2.45, 2.75) is 25.6 Å². The van der Waals surface area contributed by atoms with Gasteiger partial charge in [-0.05, 0) is 20.9 Å². The van der Waals surface area contributed by atoms with Crippen molar-refractivity contribution < 1.29 is 13.2 Å². The van der Waals surface area contributed by atoms with Gasteiger partial charge in [0, 0.05) is 31.7 Å². The summed E-state index contributed by atoms with van der Waals surface area (Å²) in [6.45, 7) is 5.82. The molecule has 1 unspecified atom stereocenters. The quantitative estimate of drug-likeness (QED) is 0.795. The number of hydrogen-bond acceptors (Lipinski definition) is 3. The fraction of sp³-hybridized carbons (Fsp3) is 0.909. The average molecular weight is 283 g/mol. The van der Waals surface area contributed by atoms with Gasteiger partial charge in [0.15, 0.2) is 0 Å². The summed E-state index contributed by atoms with van der Waals surface area (Å²) in [6, 6.07) is 0. The lowest BCUT2D eigenvalue weighted by molar-refractivity contribution is -0.161. The number of nitrogens with zero attached hydrogens (tertiary/aromatic N) is 2. The van der Waals surface area contributed by atoms with Crippen LogP contribution in [0, 0.1) is 5.92 Å². The number of nitrogens with two attached hydrogens (primary N) is 1. The monoisotopic (exact) mass is 283 g/mol. The Kier molecular flexibility index (Phi) is 4.61. The van der Waals surface area contributed by atoms with Crippen molar-refractivity contribution >= 4 is 17.2 Å². The molecule has 0 aromatic rings. The van der Waals surface area contributed by atoms with Gasteiger partial charge >= 0.3 is 6.18 Å². The third-order valence-electron chi connectivity index (χ3n) is 3.57. The molecule has 0 saturated carbocycles. The first-order valence-electron chi connectivity index (χ1n) is 5.83. The van der Waals surface area contributed by atoms with Crippen LogP contribution in [0.1, 0.15) is 13.8 Å². The molecule has 0 bridgehead atoms. The maximum absolute atomic E-state index is 12.8. The molecule has 7 heteroatoms. The van der Waals surface area contributed by atoms with Crippen LogP contribution in [0.4, 0.5) is 13.2 Å². The molecule has 1 saturated heterocycles. The lowest BCUT2D eigenvalue weighted by Crippen LogP contribution is -2.59. The molecule has 0 amide bonds. The number of halogens is 3. The maximum atomic E-state index is 12.8. The van der Waals surface area contributed by atoms with Gasteiger partial charge in [0.1, 0.15) is 5.92 Å². The van der Waals surface area contributed by atoms with Gasteiger partial charge in [-0.1, -0.05) is 12.2 Å². The van der Waals surface area contributed by atoms with Crippen molar-refractivity contribution in [2.24, 2.45) is 11.7 Å². The zero-order chi connectivity index (χ0) is 14.1. The molecule has 0 aliphatic carbocycles. The zero-order valence-electron chi connectivity index (χ0n) is 10.9. The second-order valence-corrected chi connectivity index (χ2v) is 5.94. The summed E-state index contributed by atoms with van der Waals surface area (Å²) in [5.74, 6) is -1.72. The topological polar surface area (TPSA) is 32.5 Å². The summed E-state index contributed by atoms with van der Waals surface area (Å²) >= 11 is 4.53. The van der Waals surface area contributed by atoms with Crippen molar-refractivity contribution in [3.63, 3.8) is 0 Å². The van der Waals surface area contributed by atoms with E-state index in [1.165, 1.54) is 0 Å². The highest BCUT2D eigenvalue weighted by Gasteiger charge is 2.44. The van der Waals surface area contributed by atoms with E-state index in [0.717, 1.165) is 6.54 Å². The average Bonchev–Trinajstić information content (AvgIpc) is 2.17.